The summed E-state index contributed by atoms with van der Waals surface area (Å²) in [6, 6.07) is 9.64. The predicted molar refractivity (Wildman–Crippen MR) is 98.9 cm³/mol. The molecule has 0 saturated heterocycles. The third kappa shape index (κ3) is 3.88. The number of hydrogen-bond acceptors (Lipinski definition) is 4. The third-order valence-electron chi connectivity index (χ3n) is 4.04. The molecule has 0 aliphatic rings. The van der Waals surface area contributed by atoms with Gasteiger partial charge in [0.05, 0.1) is 17.4 Å². The van der Waals surface area contributed by atoms with E-state index in [1.165, 1.54) is 11.3 Å². The molecule has 130 valence electrons. The maximum Gasteiger partial charge on any atom is 0.315 e. The highest BCUT2D eigenvalue weighted by Crippen LogP contribution is 2.18. The Morgan fingerprint density at radius 3 is 2.72 bits per heavy atom. The summed E-state index contributed by atoms with van der Waals surface area (Å²) in [6.07, 6.45) is 1.74. The molecular formula is C18H21N5OS. The lowest BCUT2D eigenvalue weighted by Gasteiger charge is -2.12. The fourth-order valence-corrected chi connectivity index (χ4v) is 3.32. The predicted octanol–water partition coefficient (Wildman–Crippen LogP) is 3.51. The lowest BCUT2D eigenvalue weighted by atomic mass is 10.2. The number of nitrogens with zero attached hydrogens (tertiary/aromatic N) is 3. The zero-order valence-corrected chi connectivity index (χ0v) is 15.3. The number of rotatable bonds is 5. The summed E-state index contributed by atoms with van der Waals surface area (Å²) >= 11 is 1.53. The number of aryl methyl sites for hydroxylation is 1. The smallest absolute Gasteiger partial charge is 0.315 e. The number of urea groups is 1. The number of carbonyl (C=O) groups is 1. The number of carbonyl (C=O) groups excluding carboxylic acids is 1. The highest BCUT2D eigenvalue weighted by atomic mass is 32.1. The zero-order chi connectivity index (χ0) is 17.8. The maximum absolute atomic E-state index is 12.1. The highest BCUT2D eigenvalue weighted by molar-refractivity contribution is 7.09. The molecule has 0 fully saturated rings. The second-order valence-electron chi connectivity index (χ2n) is 5.82. The number of aromatic nitrogens is 3. The van der Waals surface area contributed by atoms with Crippen LogP contribution >= 0.6 is 11.3 Å². The van der Waals surface area contributed by atoms with E-state index in [1.54, 1.807) is 6.20 Å². The Labute approximate surface area is 150 Å². The van der Waals surface area contributed by atoms with E-state index in [-0.39, 0.29) is 12.1 Å². The fourth-order valence-electron chi connectivity index (χ4n) is 2.68. The quantitative estimate of drug-likeness (QED) is 0.736. The van der Waals surface area contributed by atoms with Crippen molar-refractivity contribution in [1.29, 1.82) is 0 Å². The Morgan fingerprint density at radius 1 is 1.28 bits per heavy atom. The first-order valence-corrected chi connectivity index (χ1v) is 8.98. The minimum atomic E-state index is -0.214. The second kappa shape index (κ2) is 7.48. The summed E-state index contributed by atoms with van der Waals surface area (Å²) in [5.41, 5.74) is 3.98. The van der Waals surface area contributed by atoms with Gasteiger partial charge in [-0.25, -0.2) is 14.5 Å². The van der Waals surface area contributed by atoms with Crippen molar-refractivity contribution < 1.29 is 4.79 Å². The number of nitrogens with one attached hydrogen (secondary N) is 2. The van der Waals surface area contributed by atoms with Crippen LogP contribution in [0.5, 0.6) is 0 Å². The van der Waals surface area contributed by atoms with Gasteiger partial charge in [0, 0.05) is 29.4 Å². The topological polar surface area (TPSA) is 71.8 Å². The van der Waals surface area contributed by atoms with Gasteiger partial charge in [-0.05, 0) is 32.9 Å². The molecule has 25 heavy (non-hydrogen) atoms. The van der Waals surface area contributed by atoms with Crippen LogP contribution in [-0.4, -0.2) is 20.8 Å². The van der Waals surface area contributed by atoms with E-state index < -0.39 is 0 Å². The zero-order valence-electron chi connectivity index (χ0n) is 14.5. The average Bonchev–Trinajstić information content (AvgIpc) is 3.23. The molecule has 6 nitrogen and oxygen atoms in total. The van der Waals surface area contributed by atoms with E-state index in [9.17, 15) is 4.79 Å². The SMILES string of the molecule is Cc1nn(-c2ccccc2)c(C)c1CNC(=O)NC(C)c1nccs1. The van der Waals surface area contributed by atoms with E-state index in [0.29, 0.717) is 6.54 Å². The third-order valence-corrected chi connectivity index (χ3v) is 5.00. The molecule has 0 radical (unpaired) electrons. The molecule has 2 N–H and O–H groups in total. The number of benzene rings is 1. The average molecular weight is 355 g/mol. The first kappa shape index (κ1) is 17.2. The summed E-state index contributed by atoms with van der Waals surface area (Å²) in [6.45, 7) is 6.32. The van der Waals surface area contributed by atoms with Gasteiger partial charge < -0.3 is 10.6 Å². The van der Waals surface area contributed by atoms with Crippen LogP contribution < -0.4 is 10.6 Å². The van der Waals surface area contributed by atoms with E-state index >= 15 is 0 Å². The van der Waals surface area contributed by atoms with Gasteiger partial charge in [0.1, 0.15) is 5.01 Å². The minimum Gasteiger partial charge on any atom is -0.334 e. The molecule has 0 aliphatic heterocycles. The van der Waals surface area contributed by atoms with Crippen LogP contribution in [0.2, 0.25) is 0 Å². The monoisotopic (exact) mass is 355 g/mol. The Morgan fingerprint density at radius 2 is 2.04 bits per heavy atom. The summed E-state index contributed by atoms with van der Waals surface area (Å²) in [4.78, 5) is 16.4. The summed E-state index contributed by atoms with van der Waals surface area (Å²) in [5.74, 6) is 0. The molecule has 0 saturated carbocycles. The molecule has 2 aromatic heterocycles. The molecule has 0 aliphatic carbocycles. The van der Waals surface area contributed by atoms with Crippen LogP contribution in [0.15, 0.2) is 41.9 Å². The Hall–Kier alpha value is -2.67. The molecule has 2 heterocycles. The van der Waals surface area contributed by atoms with Gasteiger partial charge >= 0.3 is 6.03 Å². The molecule has 7 heteroatoms. The van der Waals surface area contributed by atoms with Gasteiger partial charge in [-0.15, -0.1) is 11.3 Å². The van der Waals surface area contributed by atoms with Gasteiger partial charge in [0.15, 0.2) is 0 Å². The van der Waals surface area contributed by atoms with Gasteiger partial charge in [0.25, 0.3) is 0 Å². The van der Waals surface area contributed by atoms with Crippen molar-refractivity contribution in [3.63, 3.8) is 0 Å². The summed E-state index contributed by atoms with van der Waals surface area (Å²) in [5, 5.41) is 13.2. The molecular weight excluding hydrogens is 334 g/mol. The van der Waals surface area contributed by atoms with Crippen molar-refractivity contribution in [2.45, 2.75) is 33.4 Å². The van der Waals surface area contributed by atoms with Gasteiger partial charge in [-0.1, -0.05) is 18.2 Å². The van der Waals surface area contributed by atoms with Crippen molar-refractivity contribution in [3.05, 3.63) is 63.9 Å². The van der Waals surface area contributed by atoms with E-state index in [4.69, 9.17) is 0 Å². The number of amides is 2. The van der Waals surface area contributed by atoms with Crippen LogP contribution in [0.3, 0.4) is 0 Å². The van der Waals surface area contributed by atoms with E-state index in [0.717, 1.165) is 27.6 Å². The molecule has 3 aromatic rings. The number of thiazole rings is 1. The lowest BCUT2D eigenvalue weighted by Crippen LogP contribution is -2.36. The van der Waals surface area contributed by atoms with Crippen molar-refractivity contribution in [2.24, 2.45) is 0 Å². The van der Waals surface area contributed by atoms with Crippen LogP contribution in [0.4, 0.5) is 4.79 Å². The molecule has 1 unspecified atom stereocenters. The summed E-state index contributed by atoms with van der Waals surface area (Å²) < 4.78 is 1.91. The van der Waals surface area contributed by atoms with E-state index in [2.05, 4.69) is 20.7 Å². The Kier molecular flexibility index (Phi) is 5.14. The maximum atomic E-state index is 12.1. The molecule has 3 rings (SSSR count). The molecule has 1 atom stereocenters. The minimum absolute atomic E-state index is 0.116. The molecule has 0 bridgehead atoms. The molecule has 1 aromatic carbocycles. The standard InChI is InChI=1S/C18H21N5OS/c1-12-16(14(3)23(22-12)15-7-5-4-6-8-15)11-20-18(24)21-13(2)17-19-9-10-25-17/h4-10,13H,11H2,1-3H3,(H2,20,21,24). The van der Waals surface area contributed by atoms with Crippen LogP contribution in [0, 0.1) is 13.8 Å². The lowest BCUT2D eigenvalue weighted by molar-refractivity contribution is 0.237. The van der Waals surface area contributed by atoms with Crippen LogP contribution in [0.25, 0.3) is 5.69 Å². The van der Waals surface area contributed by atoms with Crippen LogP contribution in [-0.2, 0) is 6.54 Å². The van der Waals surface area contributed by atoms with Crippen LogP contribution in [0.1, 0.15) is 34.9 Å². The molecule has 0 spiro atoms. The Bertz CT molecular complexity index is 842. The first-order chi connectivity index (χ1) is 12.1. The van der Waals surface area contributed by atoms with Gasteiger partial charge in [-0.2, -0.15) is 5.10 Å². The number of hydrogen-bond donors (Lipinski definition) is 2. The van der Waals surface area contributed by atoms with E-state index in [1.807, 2.05) is 61.2 Å². The van der Waals surface area contributed by atoms with Gasteiger partial charge in [0.2, 0.25) is 0 Å². The second-order valence-corrected chi connectivity index (χ2v) is 6.74. The first-order valence-electron chi connectivity index (χ1n) is 8.10. The molecule has 2 amide bonds. The summed E-state index contributed by atoms with van der Waals surface area (Å²) in [7, 11) is 0. The Balaban J connectivity index is 1.65. The van der Waals surface area contributed by atoms with Crippen molar-refractivity contribution in [2.75, 3.05) is 0 Å². The fraction of sp³-hybridized carbons (Fsp3) is 0.278. The van der Waals surface area contributed by atoms with Gasteiger partial charge in [-0.3, -0.25) is 0 Å². The normalized spacial score (nSPS) is 12.0. The number of para-hydroxylation sites is 1. The largest absolute Gasteiger partial charge is 0.334 e. The van der Waals surface area contributed by atoms with Crippen molar-refractivity contribution >= 4 is 17.4 Å². The highest BCUT2D eigenvalue weighted by Gasteiger charge is 2.15. The van der Waals surface area contributed by atoms with Crippen molar-refractivity contribution in [3.8, 4) is 5.69 Å². The van der Waals surface area contributed by atoms with Crippen molar-refractivity contribution in [1.82, 2.24) is 25.4 Å².